The largest absolute Gasteiger partial charge is 0.486 e. The van der Waals surface area contributed by atoms with Crippen molar-refractivity contribution in [2.45, 2.75) is 12.8 Å². The summed E-state index contributed by atoms with van der Waals surface area (Å²) in [6.45, 7) is 1.78. The fourth-order valence-corrected chi connectivity index (χ4v) is 5.30. The third kappa shape index (κ3) is 3.61. The molecule has 1 saturated heterocycles. The molecular formula is C17H21N3O5S2. The van der Waals surface area contributed by atoms with Crippen LogP contribution in [0.25, 0.3) is 10.2 Å². The first-order valence-corrected chi connectivity index (χ1v) is 11.4. The Morgan fingerprint density at radius 3 is 2.44 bits per heavy atom. The smallest absolute Gasteiger partial charge is 0.251 e. The molecule has 146 valence electrons. The summed E-state index contributed by atoms with van der Waals surface area (Å²) in [6, 6.07) is 3.83. The maximum Gasteiger partial charge on any atom is 0.251 e. The van der Waals surface area contributed by atoms with Crippen molar-refractivity contribution in [3.63, 3.8) is 0 Å². The number of sulfonamides is 1. The quantitative estimate of drug-likeness (QED) is 0.738. The second-order valence-corrected chi connectivity index (χ2v) is 9.79. The molecule has 0 spiro atoms. The molecule has 27 heavy (non-hydrogen) atoms. The first-order chi connectivity index (χ1) is 12.8. The van der Waals surface area contributed by atoms with E-state index in [9.17, 15) is 13.2 Å². The van der Waals surface area contributed by atoms with Crippen LogP contribution in [0.5, 0.6) is 11.5 Å². The van der Waals surface area contributed by atoms with Gasteiger partial charge >= 0.3 is 0 Å². The first-order valence-electron chi connectivity index (χ1n) is 8.76. The van der Waals surface area contributed by atoms with E-state index in [0.29, 0.717) is 55.4 Å². The number of aromatic nitrogens is 1. The van der Waals surface area contributed by atoms with Crippen molar-refractivity contribution in [2.75, 3.05) is 32.6 Å². The number of hydrogen-bond donors (Lipinski definition) is 0. The number of aryl methyl sites for hydroxylation is 1. The number of benzene rings is 1. The lowest BCUT2D eigenvalue weighted by Crippen LogP contribution is -2.39. The first kappa shape index (κ1) is 18.5. The average molecular weight is 412 g/mol. The van der Waals surface area contributed by atoms with Crippen molar-refractivity contribution in [2.24, 2.45) is 18.0 Å². The number of hydrogen-bond acceptors (Lipinski definition) is 6. The zero-order chi connectivity index (χ0) is 19.2. The Morgan fingerprint density at radius 2 is 1.81 bits per heavy atom. The van der Waals surface area contributed by atoms with Gasteiger partial charge in [-0.1, -0.05) is 11.3 Å². The minimum absolute atomic E-state index is 0.192. The van der Waals surface area contributed by atoms with Crippen molar-refractivity contribution in [1.29, 1.82) is 0 Å². The molecule has 2 aromatic rings. The number of carbonyl (C=O) groups excluding carboxylic acids is 1. The van der Waals surface area contributed by atoms with Crippen molar-refractivity contribution in [1.82, 2.24) is 8.87 Å². The lowest BCUT2D eigenvalue weighted by atomic mass is 9.98. The summed E-state index contributed by atoms with van der Waals surface area (Å²) < 4.78 is 38.7. The number of thiazole rings is 1. The number of piperidine rings is 1. The van der Waals surface area contributed by atoms with Crippen molar-refractivity contribution < 1.29 is 22.7 Å². The van der Waals surface area contributed by atoms with Crippen LogP contribution in [0.3, 0.4) is 0 Å². The van der Waals surface area contributed by atoms with Gasteiger partial charge in [0.05, 0.1) is 16.5 Å². The molecule has 0 saturated carbocycles. The van der Waals surface area contributed by atoms with Crippen LogP contribution in [0.2, 0.25) is 0 Å². The van der Waals surface area contributed by atoms with Gasteiger partial charge in [-0.25, -0.2) is 12.7 Å². The van der Waals surface area contributed by atoms with Crippen LogP contribution in [0.4, 0.5) is 0 Å². The molecule has 0 bridgehead atoms. The van der Waals surface area contributed by atoms with Gasteiger partial charge in [-0.2, -0.15) is 4.99 Å². The average Bonchev–Trinajstić information content (AvgIpc) is 2.94. The van der Waals surface area contributed by atoms with Gasteiger partial charge in [-0.15, -0.1) is 0 Å². The van der Waals surface area contributed by atoms with E-state index in [1.54, 1.807) is 0 Å². The highest BCUT2D eigenvalue weighted by atomic mass is 32.2. The predicted molar refractivity (Wildman–Crippen MR) is 101 cm³/mol. The number of ether oxygens (including phenoxy) is 2. The molecule has 0 unspecified atom stereocenters. The standard InChI is InChI=1S/C17H21N3O5S2/c1-19-12-9-13-14(25-8-7-24-13)10-15(12)26-17(19)18-16(21)11-3-5-20(6-4-11)27(2,22)23/h9-11H,3-8H2,1-2H3. The monoisotopic (exact) mass is 411 g/mol. The van der Waals surface area contributed by atoms with Crippen LogP contribution >= 0.6 is 11.3 Å². The Balaban J connectivity index is 1.59. The molecule has 1 fully saturated rings. The van der Waals surface area contributed by atoms with E-state index in [4.69, 9.17) is 9.47 Å². The highest BCUT2D eigenvalue weighted by Crippen LogP contribution is 2.35. The van der Waals surface area contributed by atoms with Crippen LogP contribution in [0.15, 0.2) is 17.1 Å². The minimum atomic E-state index is -3.20. The molecule has 2 aliphatic rings. The second kappa shape index (κ2) is 6.92. The topological polar surface area (TPSA) is 90.2 Å². The minimum Gasteiger partial charge on any atom is -0.486 e. The molecule has 8 nitrogen and oxygen atoms in total. The molecule has 1 amide bonds. The summed E-state index contributed by atoms with van der Waals surface area (Å²) in [5.41, 5.74) is 0.933. The molecule has 4 rings (SSSR count). The molecule has 0 atom stereocenters. The Morgan fingerprint density at radius 1 is 1.19 bits per heavy atom. The molecule has 1 aromatic carbocycles. The molecule has 0 N–H and O–H groups in total. The number of amides is 1. The highest BCUT2D eigenvalue weighted by molar-refractivity contribution is 7.88. The summed E-state index contributed by atoms with van der Waals surface area (Å²) in [7, 11) is -1.33. The van der Waals surface area contributed by atoms with Gasteiger partial charge in [0.1, 0.15) is 13.2 Å². The highest BCUT2D eigenvalue weighted by Gasteiger charge is 2.29. The van der Waals surface area contributed by atoms with Crippen LogP contribution < -0.4 is 14.3 Å². The molecule has 10 heteroatoms. The van der Waals surface area contributed by atoms with Gasteiger partial charge in [0.2, 0.25) is 10.0 Å². The third-order valence-electron chi connectivity index (χ3n) is 4.95. The number of carbonyl (C=O) groups is 1. The Kier molecular flexibility index (Phi) is 4.73. The summed E-state index contributed by atoms with van der Waals surface area (Å²) in [5.74, 6) is 0.977. The Bertz CT molecular complexity index is 1060. The van der Waals surface area contributed by atoms with Crippen molar-refractivity contribution in [3.05, 3.63) is 16.9 Å². The Labute approximate surface area is 161 Å². The molecule has 0 aliphatic carbocycles. The number of nitrogens with zero attached hydrogens (tertiary/aromatic N) is 3. The predicted octanol–water partition coefficient (Wildman–Crippen LogP) is 1.11. The van der Waals surface area contributed by atoms with Gasteiger partial charge < -0.3 is 14.0 Å². The number of rotatable bonds is 2. The molecular weight excluding hydrogens is 390 g/mol. The SMILES string of the molecule is Cn1c(=NC(=O)C2CCN(S(C)(=O)=O)CC2)sc2cc3c(cc21)OCCO3. The van der Waals surface area contributed by atoms with Gasteiger partial charge in [0.25, 0.3) is 5.91 Å². The van der Waals surface area contributed by atoms with Crippen molar-refractivity contribution in [3.8, 4) is 11.5 Å². The van der Waals surface area contributed by atoms with Crippen LogP contribution in [-0.2, 0) is 21.9 Å². The molecule has 0 radical (unpaired) electrons. The van der Waals surface area contributed by atoms with E-state index in [2.05, 4.69) is 4.99 Å². The maximum absolute atomic E-state index is 12.6. The van der Waals surface area contributed by atoms with Gasteiger partial charge in [-0.05, 0) is 12.8 Å². The van der Waals surface area contributed by atoms with Gasteiger partial charge in [0, 0.05) is 38.2 Å². The van der Waals surface area contributed by atoms with E-state index in [-0.39, 0.29) is 11.8 Å². The van der Waals surface area contributed by atoms with Crippen molar-refractivity contribution >= 4 is 37.5 Å². The summed E-state index contributed by atoms with van der Waals surface area (Å²) >= 11 is 1.43. The van der Waals surface area contributed by atoms with Crippen LogP contribution in [0.1, 0.15) is 12.8 Å². The van der Waals surface area contributed by atoms with E-state index in [0.717, 1.165) is 10.2 Å². The molecule has 3 heterocycles. The van der Waals surface area contributed by atoms with Crippen LogP contribution in [-0.4, -0.2) is 55.8 Å². The Hall–Kier alpha value is -1.91. The van der Waals surface area contributed by atoms with Crippen LogP contribution in [0, 0.1) is 5.92 Å². The fraction of sp³-hybridized carbons (Fsp3) is 0.529. The molecule has 2 aliphatic heterocycles. The van der Waals surface area contributed by atoms with E-state index in [1.165, 1.54) is 21.9 Å². The summed E-state index contributed by atoms with van der Waals surface area (Å²) in [6.07, 6.45) is 2.20. The zero-order valence-electron chi connectivity index (χ0n) is 15.2. The van der Waals surface area contributed by atoms with Gasteiger partial charge in [-0.3, -0.25) is 4.79 Å². The molecule has 1 aromatic heterocycles. The summed E-state index contributed by atoms with van der Waals surface area (Å²) in [5, 5.41) is 0. The lowest BCUT2D eigenvalue weighted by Gasteiger charge is -2.28. The lowest BCUT2D eigenvalue weighted by molar-refractivity contribution is -0.122. The zero-order valence-corrected chi connectivity index (χ0v) is 16.8. The third-order valence-corrected chi connectivity index (χ3v) is 7.35. The fourth-order valence-electron chi connectivity index (χ4n) is 3.39. The van der Waals surface area contributed by atoms with E-state index >= 15 is 0 Å². The summed E-state index contributed by atoms with van der Waals surface area (Å²) in [4.78, 5) is 17.6. The maximum atomic E-state index is 12.6. The van der Waals surface area contributed by atoms with E-state index < -0.39 is 10.0 Å². The normalized spacial score (nSPS) is 19.6. The number of fused-ring (bicyclic) bond motifs is 2. The second-order valence-electron chi connectivity index (χ2n) is 6.79. The van der Waals surface area contributed by atoms with Gasteiger partial charge in [0.15, 0.2) is 16.3 Å². The van der Waals surface area contributed by atoms with E-state index in [1.807, 2.05) is 23.7 Å².